The van der Waals surface area contributed by atoms with Crippen LogP contribution in [0.4, 0.5) is 5.82 Å². The Labute approximate surface area is 99.3 Å². The Kier molecular flexibility index (Phi) is 3.73. The maximum atomic E-state index is 11.1. The molecule has 1 aliphatic heterocycles. The normalized spacial score (nSPS) is 17.6. The van der Waals surface area contributed by atoms with E-state index in [1.54, 1.807) is 0 Å². The monoisotopic (exact) mass is 233 g/mol. The summed E-state index contributed by atoms with van der Waals surface area (Å²) in [5, 5.41) is 11.8. The lowest BCUT2D eigenvalue weighted by atomic mass is 10.1. The van der Waals surface area contributed by atoms with E-state index >= 15 is 0 Å². The Morgan fingerprint density at radius 3 is 3.00 bits per heavy atom. The molecule has 0 amide bonds. The first-order chi connectivity index (χ1) is 8.28. The van der Waals surface area contributed by atoms with Gasteiger partial charge in [-0.15, -0.1) is 0 Å². The van der Waals surface area contributed by atoms with Crippen LogP contribution in [0.1, 0.15) is 12.8 Å². The molecular weight excluding hydrogens is 218 g/mol. The molecule has 6 heteroatoms. The average molecular weight is 233 g/mol. The first-order valence-electron chi connectivity index (χ1n) is 5.68. The fourth-order valence-corrected chi connectivity index (χ4v) is 1.99. The van der Waals surface area contributed by atoms with Gasteiger partial charge in [-0.3, -0.25) is 9.69 Å². The number of anilines is 1. The number of nitrogens with one attached hydrogen (secondary N) is 2. The summed E-state index contributed by atoms with van der Waals surface area (Å²) >= 11 is 0. The van der Waals surface area contributed by atoms with Crippen LogP contribution in [0.3, 0.4) is 0 Å². The molecule has 0 unspecified atom stereocenters. The molecule has 2 heterocycles. The molecule has 2 N–H and O–H groups in total. The number of nitriles is 1. The zero-order valence-electron chi connectivity index (χ0n) is 9.52. The SMILES string of the molecule is N#CCN1CCC(Nc2cc(=O)[nH]cn2)CC1. The lowest BCUT2D eigenvalue weighted by Crippen LogP contribution is -2.39. The Bertz CT molecular complexity index is 455. The van der Waals surface area contributed by atoms with Crippen molar-refractivity contribution in [3.8, 4) is 6.07 Å². The van der Waals surface area contributed by atoms with Crippen molar-refractivity contribution in [2.45, 2.75) is 18.9 Å². The Morgan fingerprint density at radius 1 is 1.59 bits per heavy atom. The molecule has 17 heavy (non-hydrogen) atoms. The summed E-state index contributed by atoms with van der Waals surface area (Å²) in [6.45, 7) is 2.32. The molecule has 6 nitrogen and oxygen atoms in total. The van der Waals surface area contributed by atoms with Crippen molar-refractivity contribution in [1.29, 1.82) is 5.26 Å². The van der Waals surface area contributed by atoms with Crippen molar-refractivity contribution in [3.63, 3.8) is 0 Å². The van der Waals surface area contributed by atoms with Gasteiger partial charge in [-0.05, 0) is 12.8 Å². The highest BCUT2D eigenvalue weighted by atomic mass is 16.1. The summed E-state index contributed by atoms with van der Waals surface area (Å²) in [5.74, 6) is 0.618. The summed E-state index contributed by atoms with van der Waals surface area (Å²) in [5.41, 5.74) is -0.149. The largest absolute Gasteiger partial charge is 0.367 e. The van der Waals surface area contributed by atoms with Crippen LogP contribution < -0.4 is 10.9 Å². The van der Waals surface area contributed by atoms with Crippen LogP contribution in [0.15, 0.2) is 17.2 Å². The zero-order chi connectivity index (χ0) is 12.1. The minimum atomic E-state index is -0.149. The van der Waals surface area contributed by atoms with Crippen molar-refractivity contribution in [3.05, 3.63) is 22.7 Å². The number of aromatic nitrogens is 2. The van der Waals surface area contributed by atoms with E-state index in [2.05, 4.69) is 26.3 Å². The van der Waals surface area contributed by atoms with Crippen LogP contribution in [0.5, 0.6) is 0 Å². The van der Waals surface area contributed by atoms with Gasteiger partial charge in [-0.25, -0.2) is 4.98 Å². The standard InChI is InChI=1S/C11H15N5O/c12-3-6-16-4-1-9(2-5-16)15-10-7-11(17)14-8-13-10/h7-9H,1-2,4-6H2,(H2,13,14,15,17). The predicted octanol–water partition coefficient (Wildman–Crippen LogP) is 0.170. The molecule has 0 saturated carbocycles. The summed E-state index contributed by atoms with van der Waals surface area (Å²) in [6, 6.07) is 3.95. The summed E-state index contributed by atoms with van der Waals surface area (Å²) < 4.78 is 0. The van der Waals surface area contributed by atoms with Gasteiger partial charge < -0.3 is 10.3 Å². The van der Waals surface area contributed by atoms with E-state index < -0.39 is 0 Å². The maximum Gasteiger partial charge on any atom is 0.252 e. The predicted molar refractivity (Wildman–Crippen MR) is 63.6 cm³/mol. The van der Waals surface area contributed by atoms with Gasteiger partial charge in [-0.2, -0.15) is 5.26 Å². The van der Waals surface area contributed by atoms with Crippen molar-refractivity contribution in [1.82, 2.24) is 14.9 Å². The van der Waals surface area contributed by atoms with Crippen LogP contribution in [-0.4, -0.2) is 40.5 Å². The third kappa shape index (κ3) is 3.29. The molecule has 0 radical (unpaired) electrons. The Balaban J connectivity index is 1.86. The van der Waals surface area contributed by atoms with Gasteiger partial charge in [0.1, 0.15) is 5.82 Å². The maximum absolute atomic E-state index is 11.1. The molecule has 0 aliphatic carbocycles. The van der Waals surface area contributed by atoms with Crippen LogP contribution in [-0.2, 0) is 0 Å². The smallest absolute Gasteiger partial charge is 0.252 e. The number of H-pyrrole nitrogens is 1. The number of aromatic amines is 1. The molecule has 0 bridgehead atoms. The first kappa shape index (κ1) is 11.6. The number of rotatable bonds is 3. The van der Waals surface area contributed by atoms with E-state index in [0.29, 0.717) is 18.4 Å². The molecule has 1 aromatic rings. The summed E-state index contributed by atoms with van der Waals surface area (Å²) in [4.78, 5) is 19.8. The summed E-state index contributed by atoms with van der Waals surface area (Å²) in [6.07, 6.45) is 3.34. The minimum absolute atomic E-state index is 0.149. The van der Waals surface area contributed by atoms with Crippen LogP contribution in [0, 0.1) is 11.3 Å². The second kappa shape index (κ2) is 5.46. The molecule has 1 saturated heterocycles. The number of hydrogen-bond acceptors (Lipinski definition) is 5. The third-order valence-electron chi connectivity index (χ3n) is 2.91. The van der Waals surface area contributed by atoms with Gasteiger partial charge in [0, 0.05) is 25.2 Å². The van der Waals surface area contributed by atoms with Gasteiger partial charge in [-0.1, -0.05) is 0 Å². The van der Waals surface area contributed by atoms with Crippen LogP contribution in [0.2, 0.25) is 0 Å². The van der Waals surface area contributed by atoms with Gasteiger partial charge in [0.25, 0.3) is 5.56 Å². The van der Waals surface area contributed by atoms with Crippen molar-refractivity contribution in [2.24, 2.45) is 0 Å². The zero-order valence-corrected chi connectivity index (χ0v) is 9.52. The highest BCUT2D eigenvalue weighted by Gasteiger charge is 2.18. The number of likely N-dealkylation sites (tertiary alicyclic amines) is 1. The fraction of sp³-hybridized carbons (Fsp3) is 0.545. The van der Waals surface area contributed by atoms with Crippen LogP contribution >= 0.6 is 0 Å². The van der Waals surface area contributed by atoms with Crippen molar-refractivity contribution < 1.29 is 0 Å². The van der Waals surface area contributed by atoms with Gasteiger partial charge in [0.05, 0.1) is 18.9 Å². The van der Waals surface area contributed by atoms with Gasteiger partial charge >= 0.3 is 0 Å². The molecule has 0 spiro atoms. The number of hydrogen-bond donors (Lipinski definition) is 2. The highest BCUT2D eigenvalue weighted by molar-refractivity contribution is 5.33. The third-order valence-corrected chi connectivity index (χ3v) is 2.91. The number of piperidine rings is 1. The highest BCUT2D eigenvalue weighted by Crippen LogP contribution is 2.13. The second-order valence-electron chi connectivity index (χ2n) is 4.15. The molecule has 90 valence electrons. The van der Waals surface area contributed by atoms with E-state index in [-0.39, 0.29) is 5.56 Å². The quantitative estimate of drug-likeness (QED) is 0.727. The van der Waals surface area contributed by atoms with Crippen LogP contribution in [0.25, 0.3) is 0 Å². The Morgan fingerprint density at radius 2 is 2.35 bits per heavy atom. The van der Waals surface area contributed by atoms with E-state index in [1.807, 2.05) is 0 Å². The lowest BCUT2D eigenvalue weighted by molar-refractivity contribution is 0.242. The average Bonchev–Trinajstić information content (AvgIpc) is 2.32. The number of nitrogens with zero attached hydrogens (tertiary/aromatic N) is 3. The second-order valence-corrected chi connectivity index (χ2v) is 4.15. The lowest BCUT2D eigenvalue weighted by Gasteiger charge is -2.30. The molecule has 1 fully saturated rings. The fourth-order valence-electron chi connectivity index (χ4n) is 1.99. The van der Waals surface area contributed by atoms with E-state index in [4.69, 9.17) is 5.26 Å². The molecule has 1 aromatic heterocycles. The molecule has 0 atom stereocenters. The van der Waals surface area contributed by atoms with Crippen molar-refractivity contribution >= 4 is 5.82 Å². The molecule has 1 aliphatic rings. The molecule has 0 aromatic carbocycles. The van der Waals surface area contributed by atoms with E-state index in [9.17, 15) is 4.79 Å². The van der Waals surface area contributed by atoms with Gasteiger partial charge in [0.2, 0.25) is 0 Å². The Hall–Kier alpha value is -1.87. The van der Waals surface area contributed by atoms with E-state index in [1.165, 1.54) is 12.4 Å². The van der Waals surface area contributed by atoms with Crippen molar-refractivity contribution in [2.75, 3.05) is 25.0 Å². The molecular formula is C11H15N5O. The topological polar surface area (TPSA) is 84.8 Å². The molecule has 2 rings (SSSR count). The summed E-state index contributed by atoms with van der Waals surface area (Å²) in [7, 11) is 0. The minimum Gasteiger partial charge on any atom is -0.367 e. The van der Waals surface area contributed by atoms with E-state index in [0.717, 1.165) is 25.9 Å². The van der Waals surface area contributed by atoms with Gasteiger partial charge in [0.15, 0.2) is 0 Å². The first-order valence-corrected chi connectivity index (χ1v) is 5.68.